The third-order valence-electron chi connectivity index (χ3n) is 3.18. The summed E-state index contributed by atoms with van der Waals surface area (Å²) in [6.45, 7) is 4.37. The molecule has 4 heteroatoms. The molecule has 0 bridgehead atoms. The number of anilines is 1. The van der Waals surface area contributed by atoms with Crippen molar-refractivity contribution in [2.75, 3.05) is 5.73 Å². The summed E-state index contributed by atoms with van der Waals surface area (Å²) in [7, 11) is 0. The number of fused-ring (bicyclic) bond motifs is 1. The minimum atomic E-state index is 0.540. The molecule has 0 saturated carbocycles. The first-order valence-corrected chi connectivity index (χ1v) is 7.38. The van der Waals surface area contributed by atoms with Crippen LogP contribution in [0.3, 0.4) is 0 Å². The monoisotopic (exact) mass is 284 g/mol. The van der Waals surface area contributed by atoms with Crippen molar-refractivity contribution in [3.63, 3.8) is 0 Å². The highest BCUT2D eigenvalue weighted by molar-refractivity contribution is 7.99. The second-order valence-corrected chi connectivity index (χ2v) is 6.02. The summed E-state index contributed by atoms with van der Waals surface area (Å²) in [6, 6.07) is 14.1. The quantitative estimate of drug-likeness (QED) is 0.709. The minimum Gasteiger partial charge on any atom is -0.431 e. The van der Waals surface area contributed by atoms with Gasteiger partial charge in [-0.15, -0.1) is 0 Å². The lowest BCUT2D eigenvalue weighted by atomic mass is 10.0. The van der Waals surface area contributed by atoms with Crippen molar-refractivity contribution in [3.05, 3.63) is 48.0 Å². The van der Waals surface area contributed by atoms with Gasteiger partial charge in [-0.3, -0.25) is 0 Å². The Hall–Kier alpha value is -1.94. The highest BCUT2D eigenvalue weighted by Gasteiger charge is 2.09. The molecule has 102 valence electrons. The minimum absolute atomic E-state index is 0.540. The predicted octanol–water partition coefficient (Wildman–Crippen LogP) is 4.68. The maximum atomic E-state index is 5.88. The molecular weight excluding hydrogens is 268 g/mol. The predicted molar refractivity (Wildman–Crippen MR) is 83.1 cm³/mol. The van der Waals surface area contributed by atoms with Crippen LogP contribution in [0.15, 0.2) is 57.0 Å². The summed E-state index contributed by atoms with van der Waals surface area (Å²) >= 11 is 1.51. The zero-order valence-corrected chi connectivity index (χ0v) is 12.3. The molecule has 3 aromatic rings. The Morgan fingerprint density at radius 3 is 2.50 bits per heavy atom. The first-order chi connectivity index (χ1) is 9.63. The van der Waals surface area contributed by atoms with Crippen molar-refractivity contribution < 1.29 is 4.42 Å². The van der Waals surface area contributed by atoms with E-state index >= 15 is 0 Å². The maximum Gasteiger partial charge on any atom is 0.261 e. The molecule has 2 N–H and O–H groups in total. The fraction of sp³-hybridized carbons (Fsp3) is 0.188. The van der Waals surface area contributed by atoms with Gasteiger partial charge in [0.25, 0.3) is 5.22 Å². The third-order valence-corrected chi connectivity index (χ3v) is 4.04. The van der Waals surface area contributed by atoms with E-state index in [4.69, 9.17) is 10.2 Å². The van der Waals surface area contributed by atoms with Gasteiger partial charge in [-0.05, 0) is 47.5 Å². The number of aromatic nitrogens is 1. The molecule has 0 aliphatic rings. The van der Waals surface area contributed by atoms with Gasteiger partial charge in [0, 0.05) is 4.90 Å². The zero-order chi connectivity index (χ0) is 14.1. The molecule has 1 heterocycles. The molecule has 0 fully saturated rings. The SMILES string of the molecule is CC(C)c1ccc(Sc2nc3c(N)cccc3o2)cc1. The summed E-state index contributed by atoms with van der Waals surface area (Å²) < 4.78 is 5.70. The summed E-state index contributed by atoms with van der Waals surface area (Å²) in [5.74, 6) is 0.540. The van der Waals surface area contributed by atoms with Crippen LogP contribution in [-0.4, -0.2) is 4.98 Å². The lowest BCUT2D eigenvalue weighted by Crippen LogP contribution is -1.86. The molecule has 0 aliphatic carbocycles. The molecule has 2 aromatic carbocycles. The molecule has 3 rings (SSSR count). The van der Waals surface area contributed by atoms with Crippen LogP contribution in [0.4, 0.5) is 5.69 Å². The lowest BCUT2D eigenvalue weighted by Gasteiger charge is -2.05. The van der Waals surface area contributed by atoms with Crippen LogP contribution in [0.25, 0.3) is 11.1 Å². The molecule has 0 saturated heterocycles. The van der Waals surface area contributed by atoms with E-state index in [9.17, 15) is 0 Å². The van der Waals surface area contributed by atoms with Gasteiger partial charge >= 0.3 is 0 Å². The largest absolute Gasteiger partial charge is 0.431 e. The van der Waals surface area contributed by atoms with Crippen molar-refractivity contribution in [1.29, 1.82) is 0 Å². The van der Waals surface area contributed by atoms with Gasteiger partial charge in [-0.1, -0.05) is 32.0 Å². The van der Waals surface area contributed by atoms with E-state index in [0.29, 0.717) is 16.8 Å². The van der Waals surface area contributed by atoms with Gasteiger partial charge in [0.1, 0.15) is 5.52 Å². The number of benzene rings is 2. The van der Waals surface area contributed by atoms with E-state index in [0.717, 1.165) is 16.0 Å². The molecule has 0 atom stereocenters. The van der Waals surface area contributed by atoms with Crippen LogP contribution in [0, 0.1) is 0 Å². The Morgan fingerprint density at radius 1 is 1.10 bits per heavy atom. The van der Waals surface area contributed by atoms with E-state index in [-0.39, 0.29) is 0 Å². The number of para-hydroxylation sites is 1. The van der Waals surface area contributed by atoms with E-state index in [2.05, 4.69) is 43.1 Å². The summed E-state index contributed by atoms with van der Waals surface area (Å²) in [5, 5.41) is 0.621. The fourth-order valence-electron chi connectivity index (χ4n) is 2.01. The summed E-state index contributed by atoms with van der Waals surface area (Å²) in [4.78, 5) is 5.55. The number of rotatable bonds is 3. The van der Waals surface area contributed by atoms with E-state index in [1.54, 1.807) is 0 Å². The number of nitrogen functional groups attached to an aromatic ring is 1. The van der Waals surface area contributed by atoms with E-state index in [1.165, 1.54) is 17.3 Å². The van der Waals surface area contributed by atoms with Gasteiger partial charge < -0.3 is 10.2 Å². The normalized spacial score (nSPS) is 11.3. The van der Waals surface area contributed by atoms with Crippen LogP contribution in [0.1, 0.15) is 25.3 Å². The van der Waals surface area contributed by atoms with Crippen molar-refractivity contribution in [3.8, 4) is 0 Å². The average molecular weight is 284 g/mol. The maximum absolute atomic E-state index is 5.88. The fourth-order valence-corrected chi connectivity index (χ4v) is 2.76. The molecule has 0 spiro atoms. The summed E-state index contributed by atoms with van der Waals surface area (Å²) in [6.07, 6.45) is 0. The van der Waals surface area contributed by atoms with Gasteiger partial charge in [0.2, 0.25) is 0 Å². The molecule has 20 heavy (non-hydrogen) atoms. The molecule has 0 aliphatic heterocycles. The first kappa shape index (κ1) is 13.1. The Kier molecular flexibility index (Phi) is 3.40. The van der Waals surface area contributed by atoms with Crippen LogP contribution in [-0.2, 0) is 0 Å². The number of nitrogens with zero attached hydrogens (tertiary/aromatic N) is 1. The number of oxazole rings is 1. The molecule has 3 nitrogen and oxygen atoms in total. The van der Waals surface area contributed by atoms with Crippen molar-refractivity contribution >= 4 is 28.5 Å². The Labute approximate surface area is 122 Å². The van der Waals surface area contributed by atoms with E-state index < -0.39 is 0 Å². The number of hydrogen-bond acceptors (Lipinski definition) is 4. The third kappa shape index (κ3) is 2.51. The van der Waals surface area contributed by atoms with Crippen molar-refractivity contribution in [2.24, 2.45) is 0 Å². The second kappa shape index (κ2) is 5.21. The highest BCUT2D eigenvalue weighted by atomic mass is 32.2. The van der Waals surface area contributed by atoms with Crippen LogP contribution >= 0.6 is 11.8 Å². The van der Waals surface area contributed by atoms with Crippen molar-refractivity contribution in [2.45, 2.75) is 29.9 Å². The second-order valence-electron chi connectivity index (χ2n) is 5.00. The Bertz CT molecular complexity index is 732. The van der Waals surface area contributed by atoms with Gasteiger partial charge in [-0.25, -0.2) is 4.98 Å². The molecule has 0 unspecified atom stereocenters. The van der Waals surface area contributed by atoms with Crippen molar-refractivity contribution in [1.82, 2.24) is 4.98 Å². The van der Waals surface area contributed by atoms with Gasteiger partial charge in [0.05, 0.1) is 5.69 Å². The molecule has 0 radical (unpaired) electrons. The summed E-state index contributed by atoms with van der Waals surface area (Å²) in [5.41, 5.74) is 9.32. The number of hydrogen-bond donors (Lipinski definition) is 1. The molecular formula is C16H16N2OS. The Balaban J connectivity index is 1.87. The average Bonchev–Trinajstić information content (AvgIpc) is 2.83. The topological polar surface area (TPSA) is 52.0 Å². The standard InChI is InChI=1S/C16H16N2OS/c1-10(2)11-6-8-12(9-7-11)20-16-18-15-13(17)4-3-5-14(15)19-16/h3-10H,17H2,1-2H3. The molecule has 0 amide bonds. The van der Waals surface area contributed by atoms with Crippen LogP contribution in [0.2, 0.25) is 0 Å². The lowest BCUT2D eigenvalue weighted by molar-refractivity contribution is 0.489. The van der Waals surface area contributed by atoms with Gasteiger partial charge in [0.15, 0.2) is 5.58 Å². The smallest absolute Gasteiger partial charge is 0.261 e. The van der Waals surface area contributed by atoms with E-state index in [1.807, 2.05) is 18.2 Å². The Morgan fingerprint density at radius 2 is 1.85 bits per heavy atom. The van der Waals surface area contributed by atoms with Crippen LogP contribution in [0.5, 0.6) is 0 Å². The molecule has 1 aromatic heterocycles. The van der Waals surface area contributed by atoms with Gasteiger partial charge in [-0.2, -0.15) is 0 Å². The first-order valence-electron chi connectivity index (χ1n) is 6.56. The highest BCUT2D eigenvalue weighted by Crippen LogP contribution is 2.32. The number of nitrogens with two attached hydrogens (primary N) is 1. The zero-order valence-electron chi connectivity index (χ0n) is 11.5. The van der Waals surface area contributed by atoms with Crippen LogP contribution < -0.4 is 5.73 Å².